The number of rotatable bonds is 7. The summed E-state index contributed by atoms with van der Waals surface area (Å²) in [5, 5.41) is 0. The third-order valence-electron chi connectivity index (χ3n) is 5.63. The van der Waals surface area contributed by atoms with E-state index < -0.39 is 23.7 Å². The first kappa shape index (κ1) is 21.7. The number of nitrogens with zero attached hydrogens (tertiary/aromatic N) is 2. The predicted octanol–water partition coefficient (Wildman–Crippen LogP) is 1.03. The van der Waals surface area contributed by atoms with Crippen LogP contribution in [0.1, 0.15) is 5.56 Å². The predicted molar refractivity (Wildman–Crippen MR) is 112 cm³/mol. The Labute approximate surface area is 184 Å². The van der Waals surface area contributed by atoms with Gasteiger partial charge in [0.25, 0.3) is 11.5 Å². The lowest BCUT2D eigenvalue weighted by molar-refractivity contribution is -0.150. The Kier molecular flexibility index (Phi) is 6.05. The van der Waals surface area contributed by atoms with Gasteiger partial charge in [-0.15, -0.1) is 0 Å². The van der Waals surface area contributed by atoms with Crippen LogP contribution in [0.4, 0.5) is 10.1 Å². The number of anilines is 1. The van der Waals surface area contributed by atoms with Gasteiger partial charge in [-0.2, -0.15) is 0 Å². The molecule has 2 N–H and O–H groups in total. The van der Waals surface area contributed by atoms with Gasteiger partial charge in [-0.3, -0.25) is 9.69 Å². The van der Waals surface area contributed by atoms with Crippen LogP contribution in [-0.2, 0) is 30.3 Å². The molecule has 0 spiro atoms. The highest BCUT2D eigenvalue weighted by atomic mass is 19.1. The number of benzene rings is 2. The lowest BCUT2D eigenvalue weighted by Crippen LogP contribution is -2.52. The zero-order chi connectivity index (χ0) is 22.7. The van der Waals surface area contributed by atoms with Crippen molar-refractivity contribution >= 4 is 23.5 Å². The summed E-state index contributed by atoms with van der Waals surface area (Å²) in [5.41, 5.74) is 5.15. The van der Waals surface area contributed by atoms with Crippen molar-refractivity contribution in [2.75, 3.05) is 31.1 Å². The molecule has 0 bridgehead atoms. The number of primary amides is 1. The fourth-order valence-corrected chi connectivity index (χ4v) is 3.83. The highest BCUT2D eigenvalue weighted by Crippen LogP contribution is 2.41. The maximum Gasteiger partial charge on any atom is 0.358 e. The first-order chi connectivity index (χ1) is 15.4. The average molecular weight is 439 g/mol. The molecule has 9 heteroatoms. The van der Waals surface area contributed by atoms with Crippen LogP contribution in [0.15, 0.2) is 60.4 Å². The number of piperazine rings is 1. The topological polar surface area (TPSA) is 105 Å². The van der Waals surface area contributed by atoms with Crippen molar-refractivity contribution in [3.8, 4) is 0 Å². The van der Waals surface area contributed by atoms with Crippen LogP contribution in [0.5, 0.6) is 0 Å². The number of nitrogens with two attached hydrogens (primary N) is 1. The number of epoxide rings is 1. The molecule has 2 aliphatic rings. The molecule has 2 heterocycles. The smallest absolute Gasteiger partial charge is 0.358 e. The first-order valence-electron chi connectivity index (χ1n) is 10.2. The normalized spacial score (nSPS) is 22.7. The Balaban J connectivity index is 1.39. The molecule has 0 saturated carbocycles. The SMILES string of the molecule is NC(=O)C1(C(=O)OC(=C=O)Cc2ccccc2)OC1N1CCN(c2ccc(F)cc2)CC1. The Morgan fingerprint density at radius 1 is 1.09 bits per heavy atom. The molecule has 2 atom stereocenters. The minimum atomic E-state index is -1.96. The number of esters is 1. The molecule has 32 heavy (non-hydrogen) atoms. The molecule has 2 fully saturated rings. The van der Waals surface area contributed by atoms with Gasteiger partial charge in [0.2, 0.25) is 0 Å². The van der Waals surface area contributed by atoms with E-state index in [1.165, 1.54) is 12.1 Å². The van der Waals surface area contributed by atoms with Gasteiger partial charge in [0.05, 0.1) is 0 Å². The first-order valence-corrected chi connectivity index (χ1v) is 10.2. The largest absolute Gasteiger partial charge is 0.416 e. The van der Waals surface area contributed by atoms with Crippen LogP contribution in [0, 0.1) is 5.82 Å². The summed E-state index contributed by atoms with van der Waals surface area (Å²) >= 11 is 0. The fraction of sp³-hybridized carbons (Fsp3) is 0.304. The minimum Gasteiger partial charge on any atom is -0.416 e. The zero-order valence-corrected chi connectivity index (χ0v) is 17.2. The zero-order valence-electron chi connectivity index (χ0n) is 17.2. The number of amides is 1. The van der Waals surface area contributed by atoms with Gasteiger partial charge in [0.1, 0.15) is 5.82 Å². The lowest BCUT2D eigenvalue weighted by Gasteiger charge is -2.35. The number of hydrogen-bond acceptors (Lipinski definition) is 7. The summed E-state index contributed by atoms with van der Waals surface area (Å²) in [7, 11) is 0. The van der Waals surface area contributed by atoms with Crippen LogP contribution < -0.4 is 10.6 Å². The molecule has 2 unspecified atom stereocenters. The number of allylic oxidation sites excluding steroid dienone is 1. The van der Waals surface area contributed by atoms with E-state index in [1.54, 1.807) is 42.3 Å². The number of carbonyl (C=O) groups excluding carboxylic acids is 3. The van der Waals surface area contributed by atoms with E-state index in [0.717, 1.165) is 11.3 Å². The summed E-state index contributed by atoms with van der Waals surface area (Å²) in [6.45, 7) is 2.15. The second kappa shape index (κ2) is 8.92. The molecular weight excluding hydrogens is 417 g/mol. The molecular formula is C23H22FN3O5. The van der Waals surface area contributed by atoms with Crippen molar-refractivity contribution in [1.29, 1.82) is 0 Å². The Bertz CT molecular complexity index is 1050. The van der Waals surface area contributed by atoms with Gasteiger partial charge >= 0.3 is 5.97 Å². The van der Waals surface area contributed by atoms with Crippen molar-refractivity contribution in [2.24, 2.45) is 5.73 Å². The quantitative estimate of drug-likeness (QED) is 0.226. The lowest BCUT2D eigenvalue weighted by atomic mass is 10.1. The van der Waals surface area contributed by atoms with Gasteiger partial charge in [-0.25, -0.2) is 14.0 Å². The molecule has 0 aliphatic carbocycles. The van der Waals surface area contributed by atoms with Crippen LogP contribution in [0.25, 0.3) is 0 Å². The second-order valence-corrected chi connectivity index (χ2v) is 7.65. The summed E-state index contributed by atoms with van der Waals surface area (Å²) in [6.07, 6.45) is -0.821. The van der Waals surface area contributed by atoms with Crippen molar-refractivity contribution < 1.29 is 28.2 Å². The van der Waals surface area contributed by atoms with Crippen LogP contribution >= 0.6 is 0 Å². The molecule has 2 aromatic rings. The summed E-state index contributed by atoms with van der Waals surface area (Å²) in [4.78, 5) is 40.1. The summed E-state index contributed by atoms with van der Waals surface area (Å²) in [5.74, 6) is -0.944. The van der Waals surface area contributed by atoms with Crippen molar-refractivity contribution in [2.45, 2.75) is 18.2 Å². The monoisotopic (exact) mass is 439 g/mol. The van der Waals surface area contributed by atoms with E-state index in [2.05, 4.69) is 4.90 Å². The minimum absolute atomic E-state index is 0.0476. The standard InChI is InChI=1S/C23H22FN3O5/c24-17-6-8-18(9-7-17)26-10-12-27(13-11-26)21-23(32-21,20(25)29)22(30)31-19(15-28)14-16-4-2-1-3-5-16/h1-9,21H,10-14H2,(H2,25,29). The van der Waals surface area contributed by atoms with Crippen molar-refractivity contribution in [1.82, 2.24) is 4.90 Å². The molecule has 8 nitrogen and oxygen atoms in total. The van der Waals surface area contributed by atoms with Crippen molar-refractivity contribution in [3.63, 3.8) is 0 Å². The Hall–Kier alpha value is -3.52. The second-order valence-electron chi connectivity index (χ2n) is 7.65. The number of hydrogen-bond donors (Lipinski definition) is 1. The Morgan fingerprint density at radius 2 is 1.75 bits per heavy atom. The Morgan fingerprint density at radius 3 is 2.34 bits per heavy atom. The van der Waals surface area contributed by atoms with E-state index in [4.69, 9.17) is 15.2 Å². The van der Waals surface area contributed by atoms with Gasteiger partial charge < -0.3 is 20.1 Å². The van der Waals surface area contributed by atoms with Crippen LogP contribution in [0.2, 0.25) is 0 Å². The average Bonchev–Trinajstić information content (AvgIpc) is 3.57. The van der Waals surface area contributed by atoms with E-state index in [9.17, 15) is 18.8 Å². The van der Waals surface area contributed by atoms with Gasteiger partial charge in [0, 0.05) is 38.3 Å². The molecule has 2 saturated heterocycles. The molecule has 166 valence electrons. The molecule has 0 aromatic heterocycles. The van der Waals surface area contributed by atoms with Crippen LogP contribution in [-0.4, -0.2) is 60.7 Å². The third-order valence-corrected chi connectivity index (χ3v) is 5.63. The maximum atomic E-state index is 13.1. The molecule has 0 radical (unpaired) electrons. The van der Waals surface area contributed by atoms with E-state index in [1.807, 2.05) is 11.0 Å². The summed E-state index contributed by atoms with van der Waals surface area (Å²) in [6, 6.07) is 15.1. The van der Waals surface area contributed by atoms with Crippen LogP contribution in [0.3, 0.4) is 0 Å². The molecule has 2 aromatic carbocycles. The summed E-state index contributed by atoms with van der Waals surface area (Å²) < 4.78 is 23.8. The van der Waals surface area contributed by atoms with E-state index in [-0.39, 0.29) is 18.0 Å². The molecule has 4 rings (SSSR count). The van der Waals surface area contributed by atoms with Crippen molar-refractivity contribution in [3.05, 3.63) is 71.7 Å². The highest BCUT2D eigenvalue weighted by molar-refractivity contribution is 6.09. The number of carbonyl (C=O) groups is 2. The van der Waals surface area contributed by atoms with E-state index in [0.29, 0.717) is 26.2 Å². The van der Waals surface area contributed by atoms with Gasteiger partial charge in [0.15, 0.2) is 17.9 Å². The number of ether oxygens (including phenoxy) is 2. The van der Waals surface area contributed by atoms with E-state index >= 15 is 0 Å². The third kappa shape index (κ3) is 4.27. The number of halogens is 1. The molecule has 2 aliphatic heterocycles. The fourth-order valence-electron chi connectivity index (χ4n) is 3.83. The van der Waals surface area contributed by atoms with Gasteiger partial charge in [-0.1, -0.05) is 30.3 Å². The molecule has 1 amide bonds. The maximum absolute atomic E-state index is 13.1. The van der Waals surface area contributed by atoms with Gasteiger partial charge in [-0.05, 0) is 29.8 Å². The highest BCUT2D eigenvalue weighted by Gasteiger charge is 2.71.